The van der Waals surface area contributed by atoms with Gasteiger partial charge in [-0.25, -0.2) is 0 Å². The zero-order chi connectivity index (χ0) is 16.6. The van der Waals surface area contributed by atoms with E-state index in [1.54, 1.807) is 6.92 Å². The first-order valence-electron chi connectivity index (χ1n) is 9.18. The molecular formula is C21H30O2. The molecule has 23 heavy (non-hydrogen) atoms. The van der Waals surface area contributed by atoms with Gasteiger partial charge in [-0.05, 0) is 75.2 Å². The van der Waals surface area contributed by atoms with E-state index in [-0.39, 0.29) is 17.4 Å². The summed E-state index contributed by atoms with van der Waals surface area (Å²) in [7, 11) is 0. The van der Waals surface area contributed by atoms with Gasteiger partial charge in [0.05, 0.1) is 6.10 Å². The molecule has 1 N–H and O–H groups in total. The van der Waals surface area contributed by atoms with Gasteiger partial charge in [0, 0.05) is 5.92 Å². The molecule has 3 rings (SSSR count). The lowest BCUT2D eigenvalue weighted by atomic mass is 9.63. The van der Waals surface area contributed by atoms with Crippen LogP contribution in [0.4, 0.5) is 0 Å². The number of allylic oxidation sites excluding steroid dienone is 4. The molecule has 0 unspecified atom stereocenters. The Balaban J connectivity index is 1.83. The molecule has 2 nitrogen and oxygen atoms in total. The number of Topliss-reactive ketones (excluding diaryl/α,β-unsaturated/α-hetero) is 1. The summed E-state index contributed by atoms with van der Waals surface area (Å²) < 4.78 is 0. The molecule has 0 aliphatic heterocycles. The molecule has 0 spiro atoms. The van der Waals surface area contributed by atoms with Crippen LogP contribution in [0.5, 0.6) is 0 Å². The maximum Gasteiger partial charge on any atom is 0.133 e. The quantitative estimate of drug-likeness (QED) is 0.799. The van der Waals surface area contributed by atoms with Crippen molar-refractivity contribution in [2.45, 2.75) is 71.3 Å². The Kier molecular flexibility index (Phi) is 4.64. The summed E-state index contributed by atoms with van der Waals surface area (Å²) in [5.74, 6) is 1.18. The fraction of sp³-hybridized carbons (Fsp3) is 0.667. The number of carbonyl (C=O) groups is 1. The second-order valence-electron chi connectivity index (χ2n) is 8.09. The molecule has 0 saturated heterocycles. The highest BCUT2D eigenvalue weighted by atomic mass is 16.3. The average molecular weight is 314 g/mol. The van der Waals surface area contributed by atoms with Gasteiger partial charge in [0.25, 0.3) is 0 Å². The Labute approximate surface area is 140 Å². The van der Waals surface area contributed by atoms with E-state index in [0.717, 1.165) is 38.5 Å². The minimum atomic E-state index is -0.213. The fourth-order valence-electron chi connectivity index (χ4n) is 5.30. The van der Waals surface area contributed by atoms with Gasteiger partial charge in [-0.2, -0.15) is 0 Å². The molecule has 3 fully saturated rings. The number of hydrogen-bond acceptors (Lipinski definition) is 2. The molecule has 0 bridgehead atoms. The van der Waals surface area contributed by atoms with E-state index in [1.807, 2.05) is 0 Å². The van der Waals surface area contributed by atoms with Crippen molar-refractivity contribution in [2.75, 3.05) is 0 Å². The van der Waals surface area contributed by atoms with Gasteiger partial charge >= 0.3 is 0 Å². The number of hydrogen-bond donors (Lipinski definition) is 1. The van der Waals surface area contributed by atoms with Gasteiger partial charge in [0.2, 0.25) is 0 Å². The summed E-state index contributed by atoms with van der Waals surface area (Å²) >= 11 is 0. The molecule has 4 atom stereocenters. The minimum absolute atomic E-state index is 0.164. The highest BCUT2D eigenvalue weighted by molar-refractivity contribution is 5.79. The molecule has 3 saturated carbocycles. The first kappa shape index (κ1) is 16.7. The second kappa shape index (κ2) is 6.39. The van der Waals surface area contributed by atoms with Crippen molar-refractivity contribution in [3.05, 3.63) is 35.5 Å². The fourth-order valence-corrected chi connectivity index (χ4v) is 5.30. The predicted molar refractivity (Wildman–Crippen MR) is 94.0 cm³/mol. The highest BCUT2D eigenvalue weighted by Crippen LogP contribution is 2.57. The number of aliphatic hydroxyl groups is 1. The zero-order valence-corrected chi connectivity index (χ0v) is 14.6. The van der Waals surface area contributed by atoms with E-state index in [1.165, 1.54) is 29.6 Å². The van der Waals surface area contributed by atoms with Crippen LogP contribution in [0, 0.1) is 17.3 Å². The summed E-state index contributed by atoms with van der Waals surface area (Å²) in [6.45, 7) is 8.26. The number of carbonyl (C=O) groups excluding carboxylic acids is 1. The van der Waals surface area contributed by atoms with Crippen LogP contribution in [0.15, 0.2) is 35.5 Å². The smallest absolute Gasteiger partial charge is 0.133 e. The number of aliphatic hydroxyl groups excluding tert-OH is 1. The van der Waals surface area contributed by atoms with Gasteiger partial charge in [-0.3, -0.25) is 4.79 Å². The van der Waals surface area contributed by atoms with Crippen LogP contribution in [0.3, 0.4) is 0 Å². The molecule has 2 heteroatoms. The molecule has 3 aliphatic rings. The van der Waals surface area contributed by atoms with Crippen molar-refractivity contribution < 1.29 is 9.90 Å². The Hall–Kier alpha value is -1.15. The van der Waals surface area contributed by atoms with Crippen LogP contribution in [0.2, 0.25) is 0 Å². The zero-order valence-electron chi connectivity index (χ0n) is 14.6. The molecule has 0 aromatic carbocycles. The van der Waals surface area contributed by atoms with Gasteiger partial charge in [-0.15, -0.1) is 0 Å². The lowest BCUT2D eigenvalue weighted by Gasteiger charge is -2.41. The summed E-state index contributed by atoms with van der Waals surface area (Å²) in [5.41, 5.74) is 4.07. The first-order valence-corrected chi connectivity index (χ1v) is 9.18. The first-order chi connectivity index (χ1) is 10.9. The number of fused-ring (bicyclic) bond motifs is 1. The van der Waals surface area contributed by atoms with Crippen LogP contribution in [0.25, 0.3) is 0 Å². The summed E-state index contributed by atoms with van der Waals surface area (Å²) in [6.07, 6.45) is 12.5. The Bertz CT molecular complexity index is 568. The van der Waals surface area contributed by atoms with Crippen molar-refractivity contribution in [2.24, 2.45) is 17.3 Å². The number of rotatable bonds is 2. The maximum absolute atomic E-state index is 12.0. The van der Waals surface area contributed by atoms with E-state index in [4.69, 9.17) is 0 Å². The maximum atomic E-state index is 12.0. The largest absolute Gasteiger partial charge is 0.393 e. The van der Waals surface area contributed by atoms with E-state index in [2.05, 4.69) is 25.7 Å². The average Bonchev–Trinajstić information content (AvgIpc) is 2.86. The van der Waals surface area contributed by atoms with Crippen LogP contribution < -0.4 is 0 Å². The van der Waals surface area contributed by atoms with Crippen LogP contribution in [-0.2, 0) is 4.79 Å². The monoisotopic (exact) mass is 314 g/mol. The number of ketones is 1. The van der Waals surface area contributed by atoms with E-state index in [0.29, 0.717) is 11.7 Å². The Morgan fingerprint density at radius 2 is 2.04 bits per heavy atom. The van der Waals surface area contributed by atoms with Crippen LogP contribution >= 0.6 is 0 Å². The van der Waals surface area contributed by atoms with Gasteiger partial charge in [0.1, 0.15) is 5.78 Å². The van der Waals surface area contributed by atoms with Gasteiger partial charge in [-0.1, -0.05) is 36.8 Å². The molecule has 0 aromatic heterocycles. The van der Waals surface area contributed by atoms with Crippen molar-refractivity contribution >= 4 is 5.78 Å². The molecule has 0 aromatic rings. The van der Waals surface area contributed by atoms with Crippen molar-refractivity contribution in [3.63, 3.8) is 0 Å². The molecular weight excluding hydrogens is 284 g/mol. The Morgan fingerprint density at radius 3 is 2.78 bits per heavy atom. The summed E-state index contributed by atoms with van der Waals surface area (Å²) in [5, 5.41) is 9.88. The lowest BCUT2D eigenvalue weighted by molar-refractivity contribution is -0.124. The standard InChI is InChI=1S/C21H30O2/c1-14-6-9-18(23)13-17(14)8-7-16-5-4-12-21(3)19(15(2)22)10-11-20(16)21/h7-8,18-20,23H,1,4-6,9-13H2,2-3H3/b16-7+,17-8-/t18-,19+,20+,21-/m0/s1. The van der Waals surface area contributed by atoms with E-state index >= 15 is 0 Å². The summed E-state index contributed by atoms with van der Waals surface area (Å²) in [4.78, 5) is 12.0. The van der Waals surface area contributed by atoms with E-state index in [9.17, 15) is 9.90 Å². The molecule has 126 valence electrons. The normalized spacial score (nSPS) is 41.3. The van der Waals surface area contributed by atoms with E-state index < -0.39 is 0 Å². The molecule has 0 amide bonds. The topological polar surface area (TPSA) is 37.3 Å². The highest BCUT2D eigenvalue weighted by Gasteiger charge is 2.50. The third-order valence-electron chi connectivity index (χ3n) is 6.64. The minimum Gasteiger partial charge on any atom is -0.393 e. The second-order valence-corrected chi connectivity index (χ2v) is 8.09. The van der Waals surface area contributed by atoms with Crippen LogP contribution in [-0.4, -0.2) is 17.0 Å². The van der Waals surface area contributed by atoms with Crippen LogP contribution in [0.1, 0.15) is 65.2 Å². The molecule has 0 heterocycles. The van der Waals surface area contributed by atoms with Crippen molar-refractivity contribution in [3.8, 4) is 0 Å². The third-order valence-corrected chi connectivity index (χ3v) is 6.64. The van der Waals surface area contributed by atoms with Crippen molar-refractivity contribution in [1.82, 2.24) is 0 Å². The lowest BCUT2D eigenvalue weighted by Crippen LogP contribution is -2.36. The summed E-state index contributed by atoms with van der Waals surface area (Å²) in [6, 6.07) is 0. The van der Waals surface area contributed by atoms with Crippen molar-refractivity contribution in [1.29, 1.82) is 0 Å². The Morgan fingerprint density at radius 1 is 1.26 bits per heavy atom. The molecule has 3 aliphatic carbocycles. The SMILES string of the molecule is C=C1CC[C@H](O)C/C1=C/C=C1\CCC[C@@]2(C)[C@@H](C(C)=O)CC[C@H]12. The third kappa shape index (κ3) is 3.10. The van der Waals surface area contributed by atoms with Gasteiger partial charge < -0.3 is 5.11 Å². The van der Waals surface area contributed by atoms with Gasteiger partial charge in [0.15, 0.2) is 0 Å². The molecule has 0 radical (unpaired) electrons. The predicted octanol–water partition coefficient (Wildman–Crippen LogP) is 4.75.